The molecule has 0 saturated carbocycles. The number of esters is 4. The summed E-state index contributed by atoms with van der Waals surface area (Å²) in [6.45, 7) is 7.06. The minimum absolute atomic E-state index is 0.103. The average molecular weight is 1210 g/mol. The topological polar surface area (TPSA) is 237 Å². The number of carbonyl (C=O) groups excluding carboxylic acids is 4. The van der Waals surface area contributed by atoms with Gasteiger partial charge in [0.1, 0.15) is 19.3 Å². The van der Waals surface area contributed by atoms with Gasteiger partial charge < -0.3 is 33.8 Å². The van der Waals surface area contributed by atoms with Crippen LogP contribution in [0, 0.1) is 5.92 Å². The van der Waals surface area contributed by atoms with Crippen molar-refractivity contribution in [2.45, 2.75) is 335 Å². The first kappa shape index (κ1) is 80.1. The fourth-order valence-electron chi connectivity index (χ4n) is 9.37. The number of aliphatic hydroxyl groups is 1. The van der Waals surface area contributed by atoms with Crippen LogP contribution < -0.4 is 0 Å². The molecule has 0 saturated heterocycles. The minimum Gasteiger partial charge on any atom is -0.462 e. The summed E-state index contributed by atoms with van der Waals surface area (Å²) in [6.07, 6.45) is 40.7. The summed E-state index contributed by atoms with van der Waals surface area (Å²) in [5.41, 5.74) is 0. The second-order valence-electron chi connectivity index (χ2n) is 23.0. The number of unbranched alkanes of at least 4 members (excludes halogenated alkanes) is 34. The first-order valence-corrected chi connectivity index (χ1v) is 36.2. The van der Waals surface area contributed by atoms with Crippen LogP contribution in [-0.4, -0.2) is 96.7 Å². The van der Waals surface area contributed by atoms with Crippen molar-refractivity contribution in [3.63, 3.8) is 0 Å². The van der Waals surface area contributed by atoms with Gasteiger partial charge in [-0.15, -0.1) is 0 Å². The largest absolute Gasteiger partial charge is 0.472 e. The summed E-state index contributed by atoms with van der Waals surface area (Å²) in [5.74, 6) is -1.41. The zero-order chi connectivity index (χ0) is 60.6. The van der Waals surface area contributed by atoms with Crippen LogP contribution in [0.15, 0.2) is 0 Å². The van der Waals surface area contributed by atoms with Gasteiger partial charge in [-0.1, -0.05) is 266 Å². The molecule has 19 heteroatoms. The van der Waals surface area contributed by atoms with E-state index in [-0.39, 0.29) is 25.7 Å². The van der Waals surface area contributed by atoms with E-state index < -0.39 is 97.5 Å². The summed E-state index contributed by atoms with van der Waals surface area (Å²) in [5, 5.41) is 10.5. The van der Waals surface area contributed by atoms with Crippen molar-refractivity contribution in [3.8, 4) is 0 Å². The van der Waals surface area contributed by atoms with Crippen LogP contribution in [0.3, 0.4) is 0 Å². The number of phosphoric ester groups is 2. The number of phosphoric acid groups is 2. The summed E-state index contributed by atoms with van der Waals surface area (Å²) < 4.78 is 67.7. The smallest absolute Gasteiger partial charge is 0.462 e. The molecule has 0 heterocycles. The van der Waals surface area contributed by atoms with Crippen LogP contribution in [-0.2, 0) is 65.4 Å². The van der Waals surface area contributed by atoms with E-state index >= 15 is 0 Å². The maximum Gasteiger partial charge on any atom is 0.472 e. The van der Waals surface area contributed by atoms with Gasteiger partial charge in [0.15, 0.2) is 12.2 Å². The number of carbonyl (C=O) groups is 4. The van der Waals surface area contributed by atoms with E-state index in [9.17, 15) is 43.2 Å². The summed E-state index contributed by atoms with van der Waals surface area (Å²) in [7, 11) is -9.87. The Bertz CT molecular complexity index is 1600. The second kappa shape index (κ2) is 56.8. The Labute approximate surface area is 498 Å². The van der Waals surface area contributed by atoms with Crippen LogP contribution >= 0.6 is 15.6 Å². The van der Waals surface area contributed by atoms with Gasteiger partial charge in [0, 0.05) is 25.7 Å². The lowest BCUT2D eigenvalue weighted by Gasteiger charge is -2.21. The van der Waals surface area contributed by atoms with Crippen LogP contribution in [0.1, 0.15) is 317 Å². The van der Waals surface area contributed by atoms with Crippen molar-refractivity contribution in [1.82, 2.24) is 0 Å². The molecule has 0 aliphatic heterocycles. The molecule has 0 aromatic carbocycles. The lowest BCUT2D eigenvalue weighted by Crippen LogP contribution is -2.30. The Morgan fingerprint density at radius 2 is 0.585 bits per heavy atom. The molecule has 0 spiro atoms. The SMILES string of the molecule is CCCCCCCCCCCCCCCCCCCCC(=O)O[C@H](COC(=O)CCCCCCCCC(C)CC)COP(=O)(O)OC[C@@H](O)COP(=O)(O)OC[C@@H](COC(=O)CCCCCCCCC)OC(=O)CCCCCCCCC. The first-order chi connectivity index (χ1) is 39.6. The Kier molecular flexibility index (Phi) is 55.5. The molecule has 0 aliphatic rings. The van der Waals surface area contributed by atoms with Gasteiger partial charge in [-0.2, -0.15) is 0 Å². The van der Waals surface area contributed by atoms with E-state index in [0.717, 1.165) is 128 Å². The summed E-state index contributed by atoms with van der Waals surface area (Å²) >= 11 is 0. The van der Waals surface area contributed by atoms with Gasteiger partial charge in [-0.25, -0.2) is 9.13 Å². The quantitative estimate of drug-likeness (QED) is 0.0222. The van der Waals surface area contributed by atoms with E-state index in [0.29, 0.717) is 25.7 Å². The normalized spacial score (nSPS) is 14.6. The lowest BCUT2D eigenvalue weighted by atomic mass is 10.00. The van der Waals surface area contributed by atoms with Gasteiger partial charge in [0.2, 0.25) is 0 Å². The Morgan fingerprint density at radius 3 is 0.866 bits per heavy atom. The summed E-state index contributed by atoms with van der Waals surface area (Å²) in [6, 6.07) is 0. The highest BCUT2D eigenvalue weighted by atomic mass is 31.2. The Balaban J connectivity index is 5.14. The maximum atomic E-state index is 13.0. The van der Waals surface area contributed by atoms with Crippen molar-refractivity contribution in [1.29, 1.82) is 0 Å². The van der Waals surface area contributed by atoms with Gasteiger partial charge in [-0.05, 0) is 31.6 Å². The lowest BCUT2D eigenvalue weighted by molar-refractivity contribution is -0.161. The first-order valence-electron chi connectivity index (χ1n) is 33.2. The zero-order valence-electron chi connectivity index (χ0n) is 52.6. The molecule has 0 aromatic rings. The molecule has 0 bridgehead atoms. The molecular weight excluding hydrogens is 1090 g/mol. The molecule has 0 radical (unpaired) electrons. The monoisotopic (exact) mass is 1210 g/mol. The van der Waals surface area contributed by atoms with Crippen molar-refractivity contribution < 1.29 is 80.2 Å². The third-order valence-electron chi connectivity index (χ3n) is 14.9. The number of hydrogen-bond acceptors (Lipinski definition) is 15. The van der Waals surface area contributed by atoms with E-state index in [4.69, 9.17) is 37.0 Å². The number of aliphatic hydroxyl groups excluding tert-OH is 1. The molecule has 3 N–H and O–H groups in total. The van der Waals surface area contributed by atoms with Gasteiger partial charge in [-0.3, -0.25) is 37.3 Å². The van der Waals surface area contributed by atoms with E-state index in [1.165, 1.54) is 109 Å². The Morgan fingerprint density at radius 1 is 0.341 bits per heavy atom. The third kappa shape index (κ3) is 55.9. The number of rotatable bonds is 63. The maximum absolute atomic E-state index is 13.0. The van der Waals surface area contributed by atoms with Gasteiger partial charge >= 0.3 is 39.5 Å². The summed E-state index contributed by atoms with van der Waals surface area (Å²) in [4.78, 5) is 71.9. The van der Waals surface area contributed by atoms with Crippen LogP contribution in [0.2, 0.25) is 0 Å². The molecule has 0 aliphatic carbocycles. The molecule has 0 fully saturated rings. The third-order valence-corrected chi connectivity index (χ3v) is 16.8. The van der Waals surface area contributed by atoms with E-state index in [1.807, 2.05) is 0 Å². The zero-order valence-corrected chi connectivity index (χ0v) is 54.4. The average Bonchev–Trinajstić information content (AvgIpc) is 3.45. The Hall–Kier alpha value is -1.94. The van der Waals surface area contributed by atoms with Crippen molar-refractivity contribution >= 4 is 39.5 Å². The molecule has 17 nitrogen and oxygen atoms in total. The number of ether oxygens (including phenoxy) is 4. The fraction of sp³-hybridized carbons (Fsp3) is 0.937. The molecule has 3 unspecified atom stereocenters. The van der Waals surface area contributed by atoms with Gasteiger partial charge in [0.25, 0.3) is 0 Å². The highest BCUT2D eigenvalue weighted by Crippen LogP contribution is 2.45. The van der Waals surface area contributed by atoms with E-state index in [2.05, 4.69) is 34.6 Å². The molecule has 0 amide bonds. The molecule has 0 rings (SSSR count). The fourth-order valence-corrected chi connectivity index (χ4v) is 11.0. The van der Waals surface area contributed by atoms with E-state index in [1.54, 1.807) is 0 Å². The number of hydrogen-bond donors (Lipinski definition) is 3. The molecule has 0 aromatic heterocycles. The highest BCUT2D eigenvalue weighted by molar-refractivity contribution is 7.47. The standard InChI is InChI=1S/C63H122O17P2/c1-6-10-13-16-19-20-21-22-23-24-25-26-27-28-29-32-39-44-49-63(68)80-59(53-74-61(66)47-42-37-34-33-35-40-45-56(5)9-4)55-78-82(71,72)76-51-57(64)50-75-81(69,70)77-54-58(79-62(67)48-43-38-31-18-15-12-8-3)52-73-60(65)46-41-36-30-17-14-11-7-2/h56-59,64H,6-55H2,1-5H3,(H,69,70)(H,71,72)/t56?,57-,58+,59+/m0/s1. The van der Waals surface area contributed by atoms with Crippen LogP contribution in [0.5, 0.6) is 0 Å². The van der Waals surface area contributed by atoms with Crippen LogP contribution in [0.25, 0.3) is 0 Å². The minimum atomic E-state index is -4.94. The molecule has 6 atom stereocenters. The van der Waals surface area contributed by atoms with Crippen molar-refractivity contribution in [2.24, 2.45) is 5.92 Å². The predicted octanol–water partition coefficient (Wildman–Crippen LogP) is 17.4. The van der Waals surface area contributed by atoms with Crippen LogP contribution in [0.4, 0.5) is 0 Å². The van der Waals surface area contributed by atoms with Crippen molar-refractivity contribution in [3.05, 3.63) is 0 Å². The molecule has 82 heavy (non-hydrogen) atoms. The van der Waals surface area contributed by atoms with Gasteiger partial charge in [0.05, 0.1) is 26.4 Å². The highest BCUT2D eigenvalue weighted by Gasteiger charge is 2.30. The predicted molar refractivity (Wildman–Crippen MR) is 326 cm³/mol. The second-order valence-corrected chi connectivity index (χ2v) is 25.9. The molecular formula is C63H122O17P2. The molecule has 486 valence electrons. The van der Waals surface area contributed by atoms with Crippen molar-refractivity contribution in [2.75, 3.05) is 39.6 Å².